The van der Waals surface area contributed by atoms with Crippen molar-refractivity contribution in [3.8, 4) is 5.75 Å². The molecule has 0 aliphatic carbocycles. The zero-order valence-corrected chi connectivity index (χ0v) is 12.0. The summed E-state index contributed by atoms with van der Waals surface area (Å²) in [7, 11) is 1.46. The van der Waals surface area contributed by atoms with Crippen LogP contribution in [-0.2, 0) is 4.74 Å². The van der Waals surface area contributed by atoms with Crippen LogP contribution < -0.4 is 10.1 Å². The summed E-state index contributed by atoms with van der Waals surface area (Å²) >= 11 is 0. The molecule has 0 bridgehead atoms. The monoisotopic (exact) mass is 309 g/mol. The van der Waals surface area contributed by atoms with Crippen LogP contribution in [0.3, 0.4) is 0 Å². The van der Waals surface area contributed by atoms with Gasteiger partial charge in [-0.05, 0) is 31.2 Å². The molecule has 0 fully saturated rings. The lowest BCUT2D eigenvalue weighted by molar-refractivity contribution is -0.174. The minimum absolute atomic E-state index is 0.0865. The number of ether oxygens (including phenoxy) is 2. The summed E-state index contributed by atoms with van der Waals surface area (Å²) in [5.41, 5.74) is 0.565. The van der Waals surface area contributed by atoms with E-state index in [1.165, 1.54) is 25.3 Å². The Balaban J connectivity index is 2.70. The third-order valence-corrected chi connectivity index (χ3v) is 2.83. The van der Waals surface area contributed by atoms with Gasteiger partial charge in [-0.25, -0.2) is 4.39 Å². The second-order valence-electron chi connectivity index (χ2n) is 4.45. The molecule has 7 heteroatoms. The molecule has 1 rings (SSSR count). The maximum atomic E-state index is 13.4. The van der Waals surface area contributed by atoms with Crippen molar-refractivity contribution in [2.75, 3.05) is 26.9 Å². The van der Waals surface area contributed by atoms with E-state index in [2.05, 4.69) is 10.1 Å². The standard InChI is InChI=1S/C14H19F4NO2/c1-3-19-12(6-7-21-9-14(16,17)18)11-8-10(15)4-5-13(11)20-2/h4-5,8,12,19H,3,6-7,9H2,1-2H3. The predicted octanol–water partition coefficient (Wildman–Crippen LogP) is 3.45. The molecule has 0 spiro atoms. The zero-order valence-electron chi connectivity index (χ0n) is 12.0. The van der Waals surface area contributed by atoms with E-state index in [4.69, 9.17) is 4.74 Å². The van der Waals surface area contributed by atoms with Gasteiger partial charge in [0, 0.05) is 18.2 Å². The Morgan fingerprint density at radius 3 is 2.57 bits per heavy atom. The van der Waals surface area contributed by atoms with Gasteiger partial charge in [-0.2, -0.15) is 13.2 Å². The molecule has 120 valence electrons. The lowest BCUT2D eigenvalue weighted by Crippen LogP contribution is -2.24. The Morgan fingerprint density at radius 1 is 1.29 bits per heavy atom. The first kappa shape index (κ1) is 17.7. The summed E-state index contributed by atoms with van der Waals surface area (Å²) in [5.74, 6) is 0.0584. The number of alkyl halides is 3. The number of rotatable bonds is 8. The fourth-order valence-corrected chi connectivity index (χ4v) is 1.98. The van der Waals surface area contributed by atoms with Crippen LogP contribution in [0.2, 0.25) is 0 Å². The second kappa shape index (κ2) is 8.19. The van der Waals surface area contributed by atoms with Crippen LogP contribution in [0, 0.1) is 5.82 Å². The minimum atomic E-state index is -4.34. The van der Waals surface area contributed by atoms with Crippen molar-refractivity contribution in [2.24, 2.45) is 0 Å². The maximum Gasteiger partial charge on any atom is 0.411 e. The van der Waals surface area contributed by atoms with E-state index in [-0.39, 0.29) is 19.1 Å². The number of hydrogen-bond donors (Lipinski definition) is 1. The largest absolute Gasteiger partial charge is 0.496 e. The first-order chi connectivity index (χ1) is 9.87. The molecule has 1 unspecified atom stereocenters. The molecule has 0 heterocycles. The van der Waals surface area contributed by atoms with Crippen molar-refractivity contribution in [1.82, 2.24) is 5.32 Å². The van der Waals surface area contributed by atoms with Gasteiger partial charge >= 0.3 is 6.18 Å². The Labute approximate surface area is 121 Å². The van der Waals surface area contributed by atoms with Crippen LogP contribution >= 0.6 is 0 Å². The molecule has 0 aliphatic heterocycles. The Hall–Kier alpha value is -1.34. The highest BCUT2D eigenvalue weighted by molar-refractivity contribution is 5.36. The van der Waals surface area contributed by atoms with Gasteiger partial charge in [-0.3, -0.25) is 0 Å². The summed E-state index contributed by atoms with van der Waals surface area (Å²) in [5, 5.41) is 3.09. The van der Waals surface area contributed by atoms with E-state index < -0.39 is 18.6 Å². The molecule has 21 heavy (non-hydrogen) atoms. The van der Waals surface area contributed by atoms with Crippen LogP contribution in [-0.4, -0.2) is 33.0 Å². The molecule has 0 saturated carbocycles. The summed E-state index contributed by atoms with van der Waals surface area (Å²) in [6.07, 6.45) is -4.06. The minimum Gasteiger partial charge on any atom is -0.496 e. The fraction of sp³-hybridized carbons (Fsp3) is 0.571. The van der Waals surface area contributed by atoms with E-state index in [1.807, 2.05) is 6.92 Å². The number of benzene rings is 1. The van der Waals surface area contributed by atoms with Gasteiger partial charge in [0.15, 0.2) is 0 Å². The maximum absolute atomic E-state index is 13.4. The van der Waals surface area contributed by atoms with Crippen molar-refractivity contribution < 1.29 is 27.0 Å². The second-order valence-corrected chi connectivity index (χ2v) is 4.45. The van der Waals surface area contributed by atoms with Gasteiger partial charge in [0.05, 0.1) is 7.11 Å². The number of halogens is 4. The van der Waals surface area contributed by atoms with E-state index in [0.717, 1.165) is 0 Å². The van der Waals surface area contributed by atoms with Crippen LogP contribution in [0.25, 0.3) is 0 Å². The van der Waals surface area contributed by atoms with E-state index in [0.29, 0.717) is 17.9 Å². The average molecular weight is 309 g/mol. The summed E-state index contributed by atoms with van der Waals surface area (Å²) in [4.78, 5) is 0. The molecule has 0 amide bonds. The summed E-state index contributed by atoms with van der Waals surface area (Å²) in [6, 6.07) is 3.74. The zero-order chi connectivity index (χ0) is 15.9. The molecule has 0 aromatic heterocycles. The Kier molecular flexibility index (Phi) is 6.91. The highest BCUT2D eigenvalue weighted by Crippen LogP contribution is 2.28. The molecule has 1 N–H and O–H groups in total. The van der Waals surface area contributed by atoms with Crippen molar-refractivity contribution >= 4 is 0 Å². The van der Waals surface area contributed by atoms with Crippen LogP contribution in [0.15, 0.2) is 18.2 Å². The van der Waals surface area contributed by atoms with E-state index in [9.17, 15) is 17.6 Å². The summed E-state index contributed by atoms with van der Waals surface area (Å²) < 4.78 is 59.2. The number of methoxy groups -OCH3 is 1. The highest BCUT2D eigenvalue weighted by atomic mass is 19.4. The molecule has 0 radical (unpaired) electrons. The third kappa shape index (κ3) is 6.31. The molecule has 0 saturated heterocycles. The van der Waals surface area contributed by atoms with Gasteiger partial charge in [0.1, 0.15) is 18.2 Å². The van der Waals surface area contributed by atoms with Gasteiger partial charge in [-0.1, -0.05) is 6.92 Å². The molecule has 1 atom stereocenters. The Morgan fingerprint density at radius 2 is 2.00 bits per heavy atom. The van der Waals surface area contributed by atoms with Crippen molar-refractivity contribution in [3.63, 3.8) is 0 Å². The van der Waals surface area contributed by atoms with Gasteiger partial charge in [0.2, 0.25) is 0 Å². The summed E-state index contributed by atoms with van der Waals surface area (Å²) in [6.45, 7) is 1.07. The van der Waals surface area contributed by atoms with E-state index in [1.54, 1.807) is 0 Å². The van der Waals surface area contributed by atoms with Crippen LogP contribution in [0.1, 0.15) is 24.9 Å². The van der Waals surface area contributed by atoms with Crippen LogP contribution in [0.5, 0.6) is 5.75 Å². The average Bonchev–Trinajstić information content (AvgIpc) is 2.41. The highest BCUT2D eigenvalue weighted by Gasteiger charge is 2.27. The normalized spacial score (nSPS) is 13.2. The number of nitrogens with one attached hydrogen (secondary N) is 1. The predicted molar refractivity (Wildman–Crippen MR) is 70.9 cm³/mol. The lowest BCUT2D eigenvalue weighted by atomic mass is 10.0. The third-order valence-electron chi connectivity index (χ3n) is 2.83. The van der Waals surface area contributed by atoms with Gasteiger partial charge in [0.25, 0.3) is 0 Å². The topological polar surface area (TPSA) is 30.5 Å². The van der Waals surface area contributed by atoms with Crippen molar-refractivity contribution in [3.05, 3.63) is 29.6 Å². The number of hydrogen-bond acceptors (Lipinski definition) is 3. The van der Waals surface area contributed by atoms with Gasteiger partial charge in [-0.15, -0.1) is 0 Å². The van der Waals surface area contributed by atoms with Crippen LogP contribution in [0.4, 0.5) is 17.6 Å². The Bertz CT molecular complexity index is 437. The smallest absolute Gasteiger partial charge is 0.411 e. The fourth-order valence-electron chi connectivity index (χ4n) is 1.98. The van der Waals surface area contributed by atoms with Crippen molar-refractivity contribution in [1.29, 1.82) is 0 Å². The van der Waals surface area contributed by atoms with E-state index >= 15 is 0 Å². The first-order valence-corrected chi connectivity index (χ1v) is 6.58. The first-order valence-electron chi connectivity index (χ1n) is 6.58. The molecular formula is C14H19F4NO2. The lowest BCUT2D eigenvalue weighted by Gasteiger charge is -2.21. The molecular weight excluding hydrogens is 290 g/mol. The molecule has 1 aromatic rings. The van der Waals surface area contributed by atoms with Gasteiger partial charge < -0.3 is 14.8 Å². The molecule has 0 aliphatic rings. The quantitative estimate of drug-likeness (QED) is 0.589. The molecule has 3 nitrogen and oxygen atoms in total. The van der Waals surface area contributed by atoms with Crippen molar-refractivity contribution in [2.45, 2.75) is 25.6 Å². The SMILES string of the molecule is CCNC(CCOCC(F)(F)F)c1cc(F)ccc1OC. The molecule has 1 aromatic carbocycles.